The van der Waals surface area contributed by atoms with Crippen molar-refractivity contribution in [2.24, 2.45) is 0 Å². The van der Waals surface area contributed by atoms with Crippen LogP contribution >= 0.6 is 11.3 Å². The van der Waals surface area contributed by atoms with E-state index in [9.17, 15) is 4.79 Å². The van der Waals surface area contributed by atoms with Crippen LogP contribution in [0.25, 0.3) is 0 Å². The number of aryl methyl sites for hydroxylation is 2. The van der Waals surface area contributed by atoms with E-state index < -0.39 is 11.9 Å². The maximum absolute atomic E-state index is 11.1. The molecule has 1 aromatic carbocycles. The number of ether oxygens (including phenoxy) is 1. The molecule has 0 aliphatic heterocycles. The summed E-state index contributed by atoms with van der Waals surface area (Å²) in [6.45, 7) is 4.19. The fourth-order valence-corrected chi connectivity index (χ4v) is 3.41. The minimum Gasteiger partial charge on any atom is -0.488 e. The lowest BCUT2D eigenvalue weighted by atomic mass is 9.89. The Kier molecular flexibility index (Phi) is 6.66. The molecule has 6 nitrogen and oxygen atoms in total. The first-order chi connectivity index (χ1) is 11.9. The van der Waals surface area contributed by atoms with E-state index in [1.54, 1.807) is 35.6 Å². The molecule has 1 unspecified atom stereocenters. The first kappa shape index (κ1) is 19.1. The van der Waals surface area contributed by atoms with E-state index in [0.29, 0.717) is 12.4 Å². The van der Waals surface area contributed by atoms with Crippen molar-refractivity contribution in [2.75, 3.05) is 6.61 Å². The van der Waals surface area contributed by atoms with Crippen LogP contribution in [-0.2, 0) is 11.4 Å². The van der Waals surface area contributed by atoms with Gasteiger partial charge >= 0.3 is 5.97 Å². The molecule has 0 radical (unpaired) electrons. The number of aromatic nitrogens is 1. The molecule has 1 heterocycles. The van der Waals surface area contributed by atoms with Crippen molar-refractivity contribution in [1.82, 2.24) is 4.98 Å². The van der Waals surface area contributed by atoms with E-state index in [0.717, 1.165) is 21.1 Å². The number of carbonyl (C=O) groups is 1. The van der Waals surface area contributed by atoms with Gasteiger partial charge in [-0.1, -0.05) is 12.1 Å². The third-order valence-electron chi connectivity index (χ3n) is 3.83. The van der Waals surface area contributed by atoms with Gasteiger partial charge in [-0.25, -0.2) is 4.98 Å². The third-order valence-corrected chi connectivity index (χ3v) is 4.88. The molecule has 134 valence electrons. The fraction of sp³-hybridized carbons (Fsp3) is 0.389. The monoisotopic (exact) mass is 362 g/mol. The molecule has 0 spiro atoms. The molecule has 0 saturated heterocycles. The normalized spacial score (nSPS) is 12.0. The van der Waals surface area contributed by atoms with Crippen LogP contribution in [0.5, 0.6) is 5.75 Å². The number of carboxylic acid groups (broad SMARTS) is 1. The largest absolute Gasteiger partial charge is 0.488 e. The SMILES string of the molecule is Cc1nc(C)c(COc2ccc(C(CC(=O)O)C(=N)CCO)cc2)s1. The topological polar surface area (TPSA) is 104 Å². The van der Waals surface area contributed by atoms with Gasteiger partial charge < -0.3 is 20.4 Å². The van der Waals surface area contributed by atoms with Crippen LogP contribution < -0.4 is 4.74 Å². The molecule has 0 fully saturated rings. The zero-order valence-corrected chi connectivity index (χ0v) is 15.1. The van der Waals surface area contributed by atoms with E-state index in [2.05, 4.69) is 4.98 Å². The lowest BCUT2D eigenvalue weighted by Crippen LogP contribution is -2.17. The minimum atomic E-state index is -0.968. The van der Waals surface area contributed by atoms with Gasteiger partial charge in [-0.3, -0.25) is 4.79 Å². The highest BCUT2D eigenvalue weighted by molar-refractivity contribution is 7.11. The first-order valence-corrected chi connectivity index (χ1v) is 8.78. The van der Waals surface area contributed by atoms with Crippen LogP contribution in [0.1, 0.15) is 39.9 Å². The Balaban J connectivity index is 2.07. The Bertz CT molecular complexity index is 740. The summed E-state index contributed by atoms with van der Waals surface area (Å²) < 4.78 is 5.77. The number of thiazole rings is 1. The van der Waals surface area contributed by atoms with Crippen LogP contribution in [0.2, 0.25) is 0 Å². The van der Waals surface area contributed by atoms with Crippen LogP contribution in [0.3, 0.4) is 0 Å². The number of benzene rings is 1. The molecule has 0 aliphatic carbocycles. The summed E-state index contributed by atoms with van der Waals surface area (Å²) >= 11 is 1.60. The third kappa shape index (κ3) is 5.37. The average Bonchev–Trinajstić information content (AvgIpc) is 2.89. The lowest BCUT2D eigenvalue weighted by molar-refractivity contribution is -0.137. The Hall–Kier alpha value is -2.25. The molecule has 0 aliphatic rings. The number of aliphatic hydroxyl groups is 1. The molecular formula is C18H22N2O4S. The van der Waals surface area contributed by atoms with Gasteiger partial charge in [0.25, 0.3) is 0 Å². The molecule has 0 bridgehead atoms. The number of nitrogens with zero attached hydrogens (tertiary/aromatic N) is 1. The first-order valence-electron chi connectivity index (χ1n) is 7.96. The molecule has 0 saturated carbocycles. The second-order valence-electron chi connectivity index (χ2n) is 5.75. The standard InChI is InChI=1S/C18H22N2O4S/c1-11-17(25-12(2)20-11)10-24-14-5-3-13(4-6-14)15(9-18(22)23)16(19)7-8-21/h3-6,15,19,21H,7-10H2,1-2H3,(H,22,23). The number of aliphatic carboxylic acids is 1. The average molecular weight is 362 g/mol. The molecular weight excluding hydrogens is 340 g/mol. The van der Waals surface area contributed by atoms with Crippen LogP contribution in [-0.4, -0.2) is 33.5 Å². The minimum absolute atomic E-state index is 0.163. The van der Waals surface area contributed by atoms with Crippen molar-refractivity contribution < 1.29 is 19.7 Å². The summed E-state index contributed by atoms with van der Waals surface area (Å²) in [5, 5.41) is 27.1. The van der Waals surface area contributed by atoms with Gasteiger partial charge in [0.15, 0.2) is 0 Å². The van der Waals surface area contributed by atoms with Crippen molar-refractivity contribution in [3.05, 3.63) is 45.4 Å². The highest BCUT2D eigenvalue weighted by Crippen LogP contribution is 2.26. The van der Waals surface area contributed by atoms with Crippen molar-refractivity contribution in [3.63, 3.8) is 0 Å². The van der Waals surface area contributed by atoms with Gasteiger partial charge in [-0.05, 0) is 31.5 Å². The summed E-state index contributed by atoms with van der Waals surface area (Å²) in [7, 11) is 0. The molecule has 0 amide bonds. The zero-order valence-electron chi connectivity index (χ0n) is 14.3. The summed E-state index contributed by atoms with van der Waals surface area (Å²) in [6, 6.07) is 7.11. The van der Waals surface area contributed by atoms with E-state index in [-0.39, 0.29) is 25.2 Å². The summed E-state index contributed by atoms with van der Waals surface area (Å²) in [6.07, 6.45) is -0.00141. The van der Waals surface area contributed by atoms with Gasteiger partial charge in [0, 0.05) is 24.7 Å². The van der Waals surface area contributed by atoms with E-state index >= 15 is 0 Å². The second kappa shape index (κ2) is 8.73. The fourth-order valence-electron chi connectivity index (χ4n) is 2.56. The smallest absolute Gasteiger partial charge is 0.304 e. The Labute approximate surface area is 150 Å². The number of nitrogens with one attached hydrogen (secondary N) is 1. The van der Waals surface area contributed by atoms with Gasteiger partial charge in [-0.2, -0.15) is 0 Å². The molecule has 3 N–H and O–H groups in total. The highest BCUT2D eigenvalue weighted by Gasteiger charge is 2.20. The number of hydrogen-bond acceptors (Lipinski definition) is 6. The van der Waals surface area contributed by atoms with Crippen molar-refractivity contribution >= 4 is 23.0 Å². The maximum Gasteiger partial charge on any atom is 0.304 e. The summed E-state index contributed by atoms with van der Waals surface area (Å²) in [4.78, 5) is 16.5. The molecule has 2 rings (SSSR count). The number of carboxylic acids is 1. The number of aliphatic hydroxyl groups excluding tert-OH is 1. The van der Waals surface area contributed by atoms with Crippen molar-refractivity contribution in [2.45, 2.75) is 39.2 Å². The quantitative estimate of drug-likeness (QED) is 0.594. The predicted octanol–water partition coefficient (Wildman–Crippen LogP) is 3.30. The zero-order chi connectivity index (χ0) is 18.4. The van der Waals surface area contributed by atoms with Crippen LogP contribution in [0.15, 0.2) is 24.3 Å². The molecule has 7 heteroatoms. The highest BCUT2D eigenvalue weighted by atomic mass is 32.1. The van der Waals surface area contributed by atoms with Gasteiger partial charge in [-0.15, -0.1) is 11.3 Å². The van der Waals surface area contributed by atoms with Crippen molar-refractivity contribution in [1.29, 1.82) is 5.41 Å². The number of rotatable bonds is 9. The second-order valence-corrected chi connectivity index (χ2v) is 7.04. The predicted molar refractivity (Wildman–Crippen MR) is 96.8 cm³/mol. The van der Waals surface area contributed by atoms with E-state index in [4.69, 9.17) is 20.4 Å². The van der Waals surface area contributed by atoms with Crippen molar-refractivity contribution in [3.8, 4) is 5.75 Å². The Morgan fingerprint density at radius 3 is 2.52 bits per heavy atom. The molecule has 1 atom stereocenters. The molecule has 1 aromatic heterocycles. The summed E-state index contributed by atoms with van der Waals surface area (Å²) in [5.74, 6) is -0.828. The molecule has 2 aromatic rings. The van der Waals surface area contributed by atoms with Gasteiger partial charge in [0.2, 0.25) is 0 Å². The number of hydrogen-bond donors (Lipinski definition) is 3. The summed E-state index contributed by atoms with van der Waals surface area (Å²) in [5.41, 5.74) is 1.92. The van der Waals surface area contributed by atoms with E-state index in [1.807, 2.05) is 13.8 Å². The Morgan fingerprint density at radius 2 is 2.00 bits per heavy atom. The van der Waals surface area contributed by atoms with Crippen LogP contribution in [0, 0.1) is 19.3 Å². The molecule has 25 heavy (non-hydrogen) atoms. The van der Waals surface area contributed by atoms with Crippen LogP contribution in [0.4, 0.5) is 0 Å². The Morgan fingerprint density at radius 1 is 1.32 bits per heavy atom. The van der Waals surface area contributed by atoms with Gasteiger partial charge in [0.1, 0.15) is 12.4 Å². The maximum atomic E-state index is 11.1. The van der Waals surface area contributed by atoms with E-state index in [1.165, 1.54) is 0 Å². The lowest BCUT2D eigenvalue weighted by Gasteiger charge is -2.17. The van der Waals surface area contributed by atoms with Gasteiger partial charge in [0.05, 0.1) is 22.0 Å².